The summed E-state index contributed by atoms with van der Waals surface area (Å²) in [4.78, 5) is 4.99. The number of aryl methyl sites for hydroxylation is 1. The minimum Gasteiger partial charge on any atom is -0.507 e. The lowest BCUT2D eigenvalue weighted by atomic mass is 9.90. The van der Waals surface area contributed by atoms with Crippen LogP contribution in [0.1, 0.15) is 56.2 Å². The number of anilines is 2. The highest BCUT2D eigenvalue weighted by Gasteiger charge is 2.21. The summed E-state index contributed by atoms with van der Waals surface area (Å²) in [5, 5.41) is 14.5. The molecule has 0 saturated heterocycles. The Balaban J connectivity index is 1.71. The van der Waals surface area contributed by atoms with Crippen molar-refractivity contribution in [3.63, 3.8) is 0 Å². The van der Waals surface area contributed by atoms with Crippen LogP contribution in [-0.4, -0.2) is 21.3 Å². The number of nitrogens with zero attached hydrogens (tertiary/aromatic N) is 2. The number of aromatic hydroxyl groups is 1. The first-order valence-electron chi connectivity index (χ1n) is 11.3. The summed E-state index contributed by atoms with van der Waals surface area (Å²) in [6, 6.07) is 14.0. The standard InChI is InChI=1S/C27H29N3O3/c1-15(2)20-10-18(11-21(16(3)4)26(20)31)25-27(30-13-17(5)6-9-24(30)29-25)28-19-7-8-22-23(12-19)33-14-32-22/h6-13,15-16,28,31H,14H2,1-5H3. The van der Waals surface area contributed by atoms with Crippen LogP contribution in [0.2, 0.25) is 0 Å². The van der Waals surface area contributed by atoms with Gasteiger partial charge in [0, 0.05) is 23.5 Å². The Morgan fingerprint density at radius 1 is 0.939 bits per heavy atom. The van der Waals surface area contributed by atoms with Gasteiger partial charge in [-0.25, -0.2) is 4.98 Å². The average Bonchev–Trinajstić information content (AvgIpc) is 3.38. The number of aromatic nitrogens is 2. The van der Waals surface area contributed by atoms with Crippen LogP contribution < -0.4 is 14.8 Å². The van der Waals surface area contributed by atoms with E-state index in [1.165, 1.54) is 0 Å². The molecule has 33 heavy (non-hydrogen) atoms. The second-order valence-electron chi connectivity index (χ2n) is 9.25. The van der Waals surface area contributed by atoms with E-state index in [4.69, 9.17) is 14.5 Å². The molecule has 0 atom stereocenters. The van der Waals surface area contributed by atoms with E-state index in [2.05, 4.69) is 68.7 Å². The number of imidazole rings is 1. The van der Waals surface area contributed by atoms with Crippen LogP contribution in [0.15, 0.2) is 48.7 Å². The van der Waals surface area contributed by atoms with E-state index >= 15 is 0 Å². The molecule has 6 nitrogen and oxygen atoms in total. The van der Waals surface area contributed by atoms with Crippen LogP contribution in [0.5, 0.6) is 17.2 Å². The lowest BCUT2D eigenvalue weighted by Gasteiger charge is -2.18. The van der Waals surface area contributed by atoms with Gasteiger partial charge in [-0.1, -0.05) is 33.8 Å². The lowest BCUT2D eigenvalue weighted by Crippen LogP contribution is -2.00. The SMILES string of the molecule is Cc1ccc2nc(-c3cc(C(C)C)c(O)c(C(C)C)c3)c(Nc3ccc4c(c3)OCO4)n2c1. The Kier molecular flexibility index (Phi) is 5.16. The highest BCUT2D eigenvalue weighted by Crippen LogP contribution is 2.41. The first-order chi connectivity index (χ1) is 15.8. The first kappa shape index (κ1) is 21.2. The number of phenols is 1. The van der Waals surface area contributed by atoms with Crippen molar-refractivity contribution in [3.05, 3.63) is 65.4 Å². The van der Waals surface area contributed by atoms with E-state index in [1.807, 2.05) is 24.3 Å². The van der Waals surface area contributed by atoms with E-state index in [-0.39, 0.29) is 18.6 Å². The van der Waals surface area contributed by atoms with Crippen LogP contribution in [0.3, 0.4) is 0 Å². The third-order valence-corrected chi connectivity index (χ3v) is 6.09. The fourth-order valence-corrected chi connectivity index (χ4v) is 4.28. The van der Waals surface area contributed by atoms with Crippen molar-refractivity contribution in [2.24, 2.45) is 0 Å². The van der Waals surface area contributed by atoms with Gasteiger partial charge in [-0.05, 0) is 65.8 Å². The van der Waals surface area contributed by atoms with Gasteiger partial charge >= 0.3 is 0 Å². The predicted molar refractivity (Wildman–Crippen MR) is 131 cm³/mol. The summed E-state index contributed by atoms with van der Waals surface area (Å²) in [7, 11) is 0. The maximum atomic E-state index is 10.9. The lowest BCUT2D eigenvalue weighted by molar-refractivity contribution is 0.174. The van der Waals surface area contributed by atoms with Gasteiger partial charge < -0.3 is 19.9 Å². The molecule has 0 saturated carbocycles. The number of nitrogens with one attached hydrogen (secondary N) is 1. The quantitative estimate of drug-likeness (QED) is 0.358. The third kappa shape index (κ3) is 3.75. The van der Waals surface area contributed by atoms with Crippen molar-refractivity contribution in [2.45, 2.75) is 46.5 Å². The fraction of sp³-hybridized carbons (Fsp3) is 0.296. The largest absolute Gasteiger partial charge is 0.507 e. The molecule has 1 aliphatic rings. The zero-order valence-electron chi connectivity index (χ0n) is 19.6. The van der Waals surface area contributed by atoms with Gasteiger partial charge in [0.15, 0.2) is 11.5 Å². The zero-order chi connectivity index (χ0) is 23.3. The summed E-state index contributed by atoms with van der Waals surface area (Å²) < 4.78 is 13.1. The summed E-state index contributed by atoms with van der Waals surface area (Å²) in [6.07, 6.45) is 2.08. The van der Waals surface area contributed by atoms with Crippen LogP contribution >= 0.6 is 0 Å². The molecule has 0 radical (unpaired) electrons. The molecule has 0 spiro atoms. The minimum atomic E-state index is 0.187. The maximum Gasteiger partial charge on any atom is 0.231 e. The minimum absolute atomic E-state index is 0.187. The maximum absolute atomic E-state index is 10.9. The van der Waals surface area contributed by atoms with Crippen LogP contribution in [-0.2, 0) is 0 Å². The molecule has 0 aliphatic carbocycles. The summed E-state index contributed by atoms with van der Waals surface area (Å²) in [6.45, 7) is 10.7. The van der Waals surface area contributed by atoms with E-state index in [0.29, 0.717) is 5.75 Å². The number of hydrogen-bond acceptors (Lipinski definition) is 5. The van der Waals surface area contributed by atoms with E-state index in [9.17, 15) is 5.11 Å². The van der Waals surface area contributed by atoms with E-state index < -0.39 is 0 Å². The van der Waals surface area contributed by atoms with Gasteiger partial charge in [-0.3, -0.25) is 4.40 Å². The molecular formula is C27H29N3O3. The van der Waals surface area contributed by atoms with Crippen molar-refractivity contribution < 1.29 is 14.6 Å². The Morgan fingerprint density at radius 3 is 2.33 bits per heavy atom. The van der Waals surface area contributed by atoms with Crippen molar-refractivity contribution in [2.75, 3.05) is 12.1 Å². The summed E-state index contributed by atoms with van der Waals surface area (Å²) in [5.74, 6) is 3.09. The number of phenolic OH excluding ortho intramolecular Hbond substituents is 1. The second-order valence-corrected chi connectivity index (χ2v) is 9.25. The highest BCUT2D eigenvalue weighted by atomic mass is 16.7. The van der Waals surface area contributed by atoms with Gasteiger partial charge in [0.05, 0.1) is 0 Å². The van der Waals surface area contributed by atoms with Crippen molar-refractivity contribution >= 4 is 17.2 Å². The topological polar surface area (TPSA) is 68.0 Å². The molecule has 5 rings (SSSR count). The zero-order valence-corrected chi connectivity index (χ0v) is 19.6. The molecule has 0 bridgehead atoms. The Bertz CT molecular complexity index is 1330. The molecule has 3 heterocycles. The van der Waals surface area contributed by atoms with Gasteiger partial charge in [-0.15, -0.1) is 0 Å². The Morgan fingerprint density at radius 2 is 1.64 bits per heavy atom. The number of rotatable bonds is 5. The van der Waals surface area contributed by atoms with E-state index in [1.54, 1.807) is 0 Å². The second kappa shape index (κ2) is 8.03. The molecule has 2 aromatic carbocycles. The van der Waals surface area contributed by atoms with Crippen LogP contribution in [0.4, 0.5) is 11.5 Å². The normalized spacial score (nSPS) is 12.8. The van der Waals surface area contributed by atoms with Crippen LogP contribution in [0.25, 0.3) is 16.9 Å². The van der Waals surface area contributed by atoms with Gasteiger partial charge in [-0.2, -0.15) is 0 Å². The monoisotopic (exact) mass is 443 g/mol. The molecule has 6 heteroatoms. The molecule has 2 aromatic heterocycles. The predicted octanol–water partition coefficient (Wildman–Crippen LogP) is 6.73. The van der Waals surface area contributed by atoms with Gasteiger partial charge in [0.2, 0.25) is 6.79 Å². The van der Waals surface area contributed by atoms with Crippen LogP contribution in [0, 0.1) is 6.92 Å². The molecule has 0 fully saturated rings. The third-order valence-electron chi connectivity index (χ3n) is 6.09. The molecular weight excluding hydrogens is 414 g/mol. The van der Waals surface area contributed by atoms with Crippen molar-refractivity contribution in [1.29, 1.82) is 0 Å². The van der Waals surface area contributed by atoms with Crippen molar-refractivity contribution in [1.82, 2.24) is 9.38 Å². The number of pyridine rings is 1. The number of fused-ring (bicyclic) bond motifs is 2. The highest BCUT2D eigenvalue weighted by molar-refractivity contribution is 5.81. The summed E-state index contributed by atoms with van der Waals surface area (Å²) >= 11 is 0. The average molecular weight is 444 g/mol. The molecule has 0 unspecified atom stereocenters. The summed E-state index contributed by atoms with van der Waals surface area (Å²) in [5.41, 5.74) is 6.54. The van der Waals surface area contributed by atoms with Crippen molar-refractivity contribution in [3.8, 4) is 28.5 Å². The first-order valence-corrected chi connectivity index (χ1v) is 11.3. The Hall–Kier alpha value is -3.67. The smallest absolute Gasteiger partial charge is 0.231 e. The molecule has 4 aromatic rings. The fourth-order valence-electron chi connectivity index (χ4n) is 4.28. The number of hydrogen-bond donors (Lipinski definition) is 2. The molecule has 2 N–H and O–H groups in total. The van der Waals surface area contributed by atoms with E-state index in [0.717, 1.165) is 56.6 Å². The number of benzene rings is 2. The molecule has 0 amide bonds. The Labute approximate surface area is 193 Å². The number of ether oxygens (including phenoxy) is 2. The van der Waals surface area contributed by atoms with Gasteiger partial charge in [0.25, 0.3) is 0 Å². The molecule has 170 valence electrons. The molecule has 1 aliphatic heterocycles. The van der Waals surface area contributed by atoms with Gasteiger partial charge in [0.1, 0.15) is 22.9 Å².